The third-order valence-electron chi connectivity index (χ3n) is 8.98. The van der Waals surface area contributed by atoms with Gasteiger partial charge in [0, 0.05) is 9.52 Å². The van der Waals surface area contributed by atoms with Crippen molar-refractivity contribution in [2.75, 3.05) is 0 Å². The van der Waals surface area contributed by atoms with E-state index < -0.39 is 20.8 Å². The van der Waals surface area contributed by atoms with Crippen LogP contribution in [0.5, 0.6) is 0 Å². The second-order valence-corrected chi connectivity index (χ2v) is 16.6. The summed E-state index contributed by atoms with van der Waals surface area (Å²) in [7, 11) is 11.0. The quantitative estimate of drug-likeness (QED) is 0.139. The van der Waals surface area contributed by atoms with Crippen LogP contribution < -0.4 is 0 Å². The molecule has 7 rings (SSSR count). The summed E-state index contributed by atoms with van der Waals surface area (Å²) < 4.78 is 0. The van der Waals surface area contributed by atoms with Crippen molar-refractivity contribution in [3.8, 4) is 11.1 Å². The number of hydrogen-bond acceptors (Lipinski definition) is 0. The van der Waals surface area contributed by atoms with Gasteiger partial charge in [0.1, 0.15) is 0 Å². The summed E-state index contributed by atoms with van der Waals surface area (Å²) in [4.78, 5) is 0. The van der Waals surface area contributed by atoms with Crippen molar-refractivity contribution < 1.29 is 20.8 Å². The van der Waals surface area contributed by atoms with E-state index in [1.165, 1.54) is 98.1 Å². The second-order valence-electron chi connectivity index (χ2n) is 11.8. The number of hydrogen-bond donors (Lipinski definition) is 0. The Labute approximate surface area is 247 Å². The Morgan fingerprint density at radius 2 is 1.49 bits per heavy atom. The molecular weight excluding hydrogens is 587 g/mol. The zero-order valence-corrected chi connectivity index (χ0v) is 27.9. The van der Waals surface area contributed by atoms with Gasteiger partial charge in [-0.2, -0.15) is 6.07 Å². The average Bonchev–Trinajstić information content (AvgIpc) is 3.30. The van der Waals surface area contributed by atoms with E-state index >= 15 is 0 Å². The summed E-state index contributed by atoms with van der Waals surface area (Å²) in [6.07, 6.45) is 15.5. The molecule has 0 aliphatic heterocycles. The predicted molar refractivity (Wildman–Crippen MR) is 162 cm³/mol. The van der Waals surface area contributed by atoms with Gasteiger partial charge < -0.3 is 0 Å². The Balaban J connectivity index is 0.000000489. The van der Waals surface area contributed by atoms with Crippen LogP contribution >= 0.6 is 17.0 Å². The van der Waals surface area contributed by atoms with E-state index in [1.807, 2.05) is 0 Å². The van der Waals surface area contributed by atoms with Gasteiger partial charge in [0.05, 0.1) is 0 Å². The fourth-order valence-corrected chi connectivity index (χ4v) is 7.92. The number of halogens is 2. The molecular formula is C33H43Cl2SiZr-. The molecule has 37 heavy (non-hydrogen) atoms. The second kappa shape index (κ2) is 14.4. The maximum atomic E-state index is 4.93. The molecule has 198 valence electrons. The molecule has 0 saturated heterocycles. The molecule has 4 fully saturated rings. The molecule has 0 spiro atoms. The first-order valence-electron chi connectivity index (χ1n) is 14.4. The van der Waals surface area contributed by atoms with Crippen LogP contribution in [0.2, 0.25) is 13.1 Å². The first kappa shape index (κ1) is 29.7. The monoisotopic (exact) mass is 627 g/mol. The molecule has 0 atom stereocenters. The molecule has 4 saturated carbocycles. The molecule has 0 N–H and O–H groups in total. The van der Waals surface area contributed by atoms with E-state index in [-0.39, 0.29) is 0 Å². The van der Waals surface area contributed by atoms with Gasteiger partial charge in [-0.05, 0) is 79.2 Å². The summed E-state index contributed by atoms with van der Waals surface area (Å²) in [5.41, 5.74) is 6.47. The van der Waals surface area contributed by atoms with Crippen molar-refractivity contribution in [1.29, 1.82) is 0 Å². The topological polar surface area (TPSA) is 0 Å². The van der Waals surface area contributed by atoms with Crippen LogP contribution in [0, 0.1) is 17.8 Å². The van der Waals surface area contributed by atoms with E-state index in [4.69, 9.17) is 17.0 Å². The molecule has 0 nitrogen and oxygen atoms in total. The molecule has 4 aliphatic carbocycles. The first-order chi connectivity index (χ1) is 18.0. The Bertz CT molecular complexity index is 1070. The number of benzene rings is 2. The normalized spacial score (nSPS) is 25.3. The van der Waals surface area contributed by atoms with Crippen molar-refractivity contribution in [3.63, 3.8) is 0 Å². The van der Waals surface area contributed by atoms with Crippen LogP contribution in [-0.4, -0.2) is 9.52 Å². The zero-order chi connectivity index (χ0) is 26.3. The Morgan fingerprint density at radius 1 is 0.892 bits per heavy atom. The van der Waals surface area contributed by atoms with Gasteiger partial charge in [0.25, 0.3) is 0 Å². The summed E-state index contributed by atoms with van der Waals surface area (Å²) in [5.74, 6) is 3.04. The van der Waals surface area contributed by atoms with Crippen molar-refractivity contribution in [2.24, 2.45) is 17.8 Å². The maximum absolute atomic E-state index is 4.93. The first-order valence-corrected chi connectivity index (χ1v) is 22.7. The molecule has 0 amide bonds. The molecule has 4 aliphatic rings. The summed E-state index contributed by atoms with van der Waals surface area (Å²) in [6, 6.07) is 21.6. The SMILES string of the molecule is CCCCCCc1cc2c(-c3ccc(C45CC6CC(CC(C6)C4)C5)cc3)cccc2[cH-]1.C[Si]C.[Cl][Zr][Cl]. The van der Waals surface area contributed by atoms with Crippen LogP contribution in [0.4, 0.5) is 0 Å². The van der Waals surface area contributed by atoms with E-state index in [2.05, 4.69) is 74.6 Å². The van der Waals surface area contributed by atoms with Gasteiger partial charge >= 0.3 is 37.9 Å². The molecule has 2 radical (unpaired) electrons. The Hall–Kier alpha value is -0.270. The van der Waals surface area contributed by atoms with Crippen LogP contribution in [0.15, 0.2) is 54.6 Å². The molecule has 4 bridgehead atoms. The minimum atomic E-state index is -0.826. The summed E-state index contributed by atoms with van der Waals surface area (Å²) in [6.45, 7) is 6.59. The third-order valence-corrected chi connectivity index (χ3v) is 8.98. The number of rotatable bonds is 7. The van der Waals surface area contributed by atoms with Gasteiger partial charge in [-0.3, -0.25) is 0 Å². The molecule has 3 aromatic rings. The molecule has 3 aromatic carbocycles. The third kappa shape index (κ3) is 7.28. The van der Waals surface area contributed by atoms with Gasteiger partial charge in [0.2, 0.25) is 0 Å². The van der Waals surface area contributed by atoms with Crippen molar-refractivity contribution >= 4 is 37.3 Å². The molecule has 0 unspecified atom stereocenters. The van der Waals surface area contributed by atoms with Gasteiger partial charge in [-0.15, -0.1) is 34.5 Å². The van der Waals surface area contributed by atoms with Crippen molar-refractivity contribution in [1.82, 2.24) is 0 Å². The number of unbranched alkanes of at least 4 members (excludes halogenated alkanes) is 3. The zero-order valence-electron chi connectivity index (χ0n) is 23.0. The standard InChI is InChI=1S/C31H37.C2H6Si.2ClH.Zr/c1-2-3-4-5-7-22-17-27-8-6-9-29(30(27)18-22)26-10-12-28(13-11-26)31-19-23-14-24(20-31)16-25(15-23)21-31;1-3-2;;;/h6,8-13,17-18,23-25H,2-5,7,14-16,19-21H2,1H3;1-2H3;2*1H;/q-1;;;;+2/p-2. The summed E-state index contributed by atoms with van der Waals surface area (Å²) in [5, 5.41) is 2.85. The minimum absolute atomic E-state index is 0.505. The van der Waals surface area contributed by atoms with Gasteiger partial charge in [-0.1, -0.05) is 81.6 Å². The van der Waals surface area contributed by atoms with E-state index in [0.29, 0.717) is 5.41 Å². The van der Waals surface area contributed by atoms with E-state index in [0.717, 1.165) is 27.3 Å². The summed E-state index contributed by atoms with van der Waals surface area (Å²) >= 11 is -0.826. The average molecular weight is 630 g/mol. The molecule has 0 heterocycles. The van der Waals surface area contributed by atoms with E-state index in [9.17, 15) is 0 Å². The van der Waals surface area contributed by atoms with Crippen molar-refractivity contribution in [2.45, 2.75) is 96.1 Å². The number of fused-ring (bicyclic) bond motifs is 1. The van der Waals surface area contributed by atoms with Crippen LogP contribution in [0.3, 0.4) is 0 Å². The molecule has 0 aromatic heterocycles. The fourth-order valence-electron chi connectivity index (χ4n) is 7.92. The molecule has 4 heteroatoms. The Morgan fingerprint density at radius 3 is 2.05 bits per heavy atom. The van der Waals surface area contributed by atoms with Crippen molar-refractivity contribution in [3.05, 3.63) is 65.7 Å². The fraction of sp³-hybridized carbons (Fsp3) is 0.545. The van der Waals surface area contributed by atoms with Crippen LogP contribution in [0.1, 0.15) is 82.3 Å². The van der Waals surface area contributed by atoms with Crippen LogP contribution in [0.25, 0.3) is 21.9 Å². The predicted octanol–water partition coefficient (Wildman–Crippen LogP) is 11.0. The van der Waals surface area contributed by atoms with E-state index in [1.54, 1.807) is 5.56 Å². The number of aryl methyl sites for hydroxylation is 1. The van der Waals surface area contributed by atoms with Crippen LogP contribution in [-0.2, 0) is 32.7 Å². The van der Waals surface area contributed by atoms with Gasteiger partial charge in [0.15, 0.2) is 0 Å². The van der Waals surface area contributed by atoms with Gasteiger partial charge in [-0.25, -0.2) is 0 Å². The Kier molecular flexibility index (Phi) is 11.6.